The average Bonchev–Trinajstić information content (AvgIpc) is 3.08. The van der Waals surface area contributed by atoms with Crippen molar-refractivity contribution in [3.63, 3.8) is 0 Å². The molecule has 1 aliphatic rings. The molecule has 0 spiro atoms. The number of hydrogen-bond acceptors (Lipinski definition) is 5. The molecule has 3 heterocycles. The zero-order valence-corrected chi connectivity index (χ0v) is 12.7. The molecule has 1 atom stereocenters. The van der Waals surface area contributed by atoms with E-state index in [9.17, 15) is 5.11 Å². The fourth-order valence-corrected chi connectivity index (χ4v) is 3.90. The van der Waals surface area contributed by atoms with Crippen LogP contribution >= 0.6 is 11.3 Å². The highest BCUT2D eigenvalue weighted by atomic mass is 32.1. The van der Waals surface area contributed by atoms with Crippen molar-refractivity contribution in [2.45, 2.75) is 25.7 Å². The quantitative estimate of drug-likeness (QED) is 0.913. The molecule has 0 radical (unpaired) electrons. The number of likely N-dealkylation sites (tertiary alicyclic amines) is 1. The summed E-state index contributed by atoms with van der Waals surface area (Å²) < 4.78 is 0. The number of piperidine rings is 1. The number of nitrogens with zero attached hydrogens (tertiary/aromatic N) is 3. The summed E-state index contributed by atoms with van der Waals surface area (Å²) in [7, 11) is 2.17. The molecule has 2 aromatic heterocycles. The highest BCUT2D eigenvalue weighted by Crippen LogP contribution is 2.43. The van der Waals surface area contributed by atoms with E-state index in [4.69, 9.17) is 0 Å². The van der Waals surface area contributed by atoms with E-state index in [1.54, 1.807) is 6.33 Å². The molecular formula is C14H20N4OS. The van der Waals surface area contributed by atoms with Crippen LogP contribution in [-0.4, -0.2) is 45.3 Å². The van der Waals surface area contributed by atoms with E-state index in [0.717, 1.165) is 29.4 Å². The molecule has 1 fully saturated rings. The van der Waals surface area contributed by atoms with Crippen LogP contribution in [0.2, 0.25) is 0 Å². The number of aromatic amines is 1. The number of H-pyrrole nitrogens is 1. The summed E-state index contributed by atoms with van der Waals surface area (Å²) in [5.41, 5.74) is 1.05. The number of thiophene rings is 1. The van der Waals surface area contributed by atoms with Gasteiger partial charge in [0.2, 0.25) is 0 Å². The Hall–Kier alpha value is -1.40. The molecule has 1 saturated heterocycles. The Morgan fingerprint density at radius 2 is 2.20 bits per heavy atom. The zero-order valence-electron chi connectivity index (χ0n) is 11.8. The Kier molecular flexibility index (Phi) is 3.76. The van der Waals surface area contributed by atoms with Crippen molar-refractivity contribution in [3.8, 4) is 15.8 Å². The maximum atomic E-state index is 10.2. The zero-order chi connectivity index (χ0) is 14.1. The van der Waals surface area contributed by atoms with Crippen LogP contribution in [0.5, 0.6) is 5.06 Å². The summed E-state index contributed by atoms with van der Waals surface area (Å²) in [5, 5.41) is 18.5. The summed E-state index contributed by atoms with van der Waals surface area (Å²) in [6.07, 6.45) is 3.96. The Morgan fingerprint density at radius 1 is 1.45 bits per heavy atom. The summed E-state index contributed by atoms with van der Waals surface area (Å²) in [5.74, 6) is 1.76. The van der Waals surface area contributed by atoms with Crippen LogP contribution in [0, 0.1) is 5.92 Å². The third-order valence-corrected chi connectivity index (χ3v) is 5.31. The first-order chi connectivity index (χ1) is 9.65. The fraction of sp³-hybridized carbons (Fsp3) is 0.571. The first-order valence-electron chi connectivity index (χ1n) is 7.03. The van der Waals surface area contributed by atoms with E-state index in [-0.39, 0.29) is 0 Å². The number of hydrogen-bond donors (Lipinski definition) is 2. The summed E-state index contributed by atoms with van der Waals surface area (Å²) in [6.45, 7) is 4.52. The van der Waals surface area contributed by atoms with E-state index < -0.39 is 0 Å². The van der Waals surface area contributed by atoms with E-state index in [0.29, 0.717) is 16.9 Å². The van der Waals surface area contributed by atoms with Gasteiger partial charge in [-0.05, 0) is 50.9 Å². The van der Waals surface area contributed by atoms with Crippen LogP contribution in [0.15, 0.2) is 12.4 Å². The minimum atomic E-state index is 0.386. The Balaban J connectivity index is 1.79. The summed E-state index contributed by atoms with van der Waals surface area (Å²) in [4.78, 5) is 6.31. The SMILES string of the molecule is CC(c1cc(-c2nnc[nH]2)sc1O)C1CCN(C)CC1. The topological polar surface area (TPSA) is 65.0 Å². The molecule has 3 rings (SSSR count). The van der Waals surface area contributed by atoms with Crippen molar-refractivity contribution in [1.82, 2.24) is 20.1 Å². The van der Waals surface area contributed by atoms with Gasteiger partial charge in [0.1, 0.15) is 6.33 Å². The van der Waals surface area contributed by atoms with Crippen LogP contribution in [-0.2, 0) is 0 Å². The molecule has 6 heteroatoms. The number of aromatic hydroxyl groups is 1. The van der Waals surface area contributed by atoms with Crippen LogP contribution in [0.3, 0.4) is 0 Å². The molecule has 0 aromatic carbocycles. The highest BCUT2D eigenvalue weighted by molar-refractivity contribution is 7.17. The monoisotopic (exact) mass is 292 g/mol. The third-order valence-electron chi connectivity index (χ3n) is 4.35. The fourth-order valence-electron chi connectivity index (χ4n) is 2.95. The van der Waals surface area contributed by atoms with Gasteiger partial charge in [-0.15, -0.1) is 10.2 Å². The van der Waals surface area contributed by atoms with Crippen LogP contribution in [0.1, 0.15) is 31.2 Å². The van der Waals surface area contributed by atoms with Gasteiger partial charge in [-0.1, -0.05) is 18.3 Å². The predicted molar refractivity (Wildman–Crippen MR) is 80.0 cm³/mol. The molecule has 1 aliphatic heterocycles. The summed E-state index contributed by atoms with van der Waals surface area (Å²) >= 11 is 1.38. The van der Waals surface area contributed by atoms with E-state index in [2.05, 4.69) is 40.1 Å². The second-order valence-electron chi connectivity index (χ2n) is 5.64. The molecular weight excluding hydrogens is 272 g/mol. The second kappa shape index (κ2) is 5.54. The Morgan fingerprint density at radius 3 is 2.85 bits per heavy atom. The van der Waals surface area contributed by atoms with Crippen molar-refractivity contribution in [3.05, 3.63) is 18.0 Å². The molecule has 2 aromatic rings. The number of rotatable bonds is 3. The number of aromatic nitrogens is 3. The van der Waals surface area contributed by atoms with Gasteiger partial charge in [-0.3, -0.25) is 0 Å². The lowest BCUT2D eigenvalue weighted by atomic mass is 9.82. The van der Waals surface area contributed by atoms with Crippen molar-refractivity contribution in [2.24, 2.45) is 5.92 Å². The molecule has 108 valence electrons. The normalized spacial score (nSPS) is 19.3. The predicted octanol–water partition coefficient (Wildman–Crippen LogP) is 2.68. The standard InChI is InChI=1S/C14H20N4OS/c1-9(10-3-5-18(2)6-4-10)11-7-12(20-14(11)19)13-15-8-16-17-13/h7-10,19H,3-6H2,1-2H3,(H,15,16,17). The number of nitrogens with one attached hydrogen (secondary N) is 1. The molecule has 0 bridgehead atoms. The van der Waals surface area contributed by atoms with E-state index >= 15 is 0 Å². The molecule has 0 saturated carbocycles. The lowest BCUT2D eigenvalue weighted by Crippen LogP contribution is -2.32. The van der Waals surface area contributed by atoms with Gasteiger partial charge in [0.25, 0.3) is 0 Å². The van der Waals surface area contributed by atoms with Gasteiger partial charge in [0.15, 0.2) is 10.9 Å². The van der Waals surface area contributed by atoms with E-state index in [1.807, 2.05) is 0 Å². The molecule has 5 nitrogen and oxygen atoms in total. The van der Waals surface area contributed by atoms with Gasteiger partial charge in [-0.2, -0.15) is 0 Å². The average molecular weight is 292 g/mol. The lowest BCUT2D eigenvalue weighted by molar-refractivity contribution is 0.201. The Bertz CT molecular complexity index is 558. The third kappa shape index (κ3) is 2.58. The first kappa shape index (κ1) is 13.6. The van der Waals surface area contributed by atoms with Gasteiger partial charge in [-0.25, -0.2) is 0 Å². The molecule has 1 unspecified atom stereocenters. The van der Waals surface area contributed by atoms with Gasteiger partial charge >= 0.3 is 0 Å². The van der Waals surface area contributed by atoms with Gasteiger partial charge in [0.05, 0.1) is 4.88 Å². The van der Waals surface area contributed by atoms with Crippen molar-refractivity contribution in [1.29, 1.82) is 0 Å². The van der Waals surface area contributed by atoms with E-state index in [1.165, 1.54) is 24.2 Å². The minimum absolute atomic E-state index is 0.386. The van der Waals surface area contributed by atoms with Gasteiger partial charge < -0.3 is 15.0 Å². The summed E-state index contributed by atoms with van der Waals surface area (Å²) in [6, 6.07) is 2.06. The van der Waals surface area contributed by atoms with Crippen LogP contribution in [0.4, 0.5) is 0 Å². The molecule has 2 N–H and O–H groups in total. The smallest absolute Gasteiger partial charge is 0.175 e. The van der Waals surface area contributed by atoms with Crippen LogP contribution < -0.4 is 0 Å². The van der Waals surface area contributed by atoms with Crippen LogP contribution in [0.25, 0.3) is 10.7 Å². The van der Waals surface area contributed by atoms with Crippen molar-refractivity contribution in [2.75, 3.05) is 20.1 Å². The van der Waals surface area contributed by atoms with Gasteiger partial charge in [0, 0.05) is 5.56 Å². The second-order valence-corrected chi connectivity index (χ2v) is 6.67. The molecule has 0 amide bonds. The Labute approximate surface area is 122 Å². The maximum Gasteiger partial charge on any atom is 0.175 e. The molecule has 0 aliphatic carbocycles. The highest BCUT2D eigenvalue weighted by Gasteiger charge is 2.26. The first-order valence-corrected chi connectivity index (χ1v) is 7.84. The molecule has 20 heavy (non-hydrogen) atoms. The van der Waals surface area contributed by atoms with Crippen molar-refractivity contribution >= 4 is 11.3 Å². The maximum absolute atomic E-state index is 10.2. The largest absolute Gasteiger partial charge is 0.499 e. The lowest BCUT2D eigenvalue weighted by Gasteiger charge is -2.32. The minimum Gasteiger partial charge on any atom is -0.499 e. The van der Waals surface area contributed by atoms with Crippen molar-refractivity contribution < 1.29 is 5.11 Å².